The monoisotopic (exact) mass is 316 g/mol. The Labute approximate surface area is 138 Å². The fraction of sp³-hybridized carbons (Fsp3) is 0.944. The Hall–Kier alpha value is -0.610. The first kappa shape index (κ1) is 23.7. The summed E-state index contributed by atoms with van der Waals surface area (Å²) in [5.41, 5.74) is 10.4. The lowest BCUT2D eigenvalue weighted by Gasteiger charge is -2.13. The molecule has 0 rings (SSSR count). The van der Waals surface area contributed by atoms with Gasteiger partial charge in [0.1, 0.15) is 0 Å². The van der Waals surface area contributed by atoms with Gasteiger partial charge in [0.2, 0.25) is 0 Å². The fourth-order valence-corrected chi connectivity index (χ4v) is 1.94. The van der Waals surface area contributed by atoms with E-state index in [0.29, 0.717) is 13.0 Å². The molecule has 5 N–H and O–H groups in total. The number of unbranched alkanes of at least 4 members (excludes halogenated alkanes) is 10. The van der Waals surface area contributed by atoms with Gasteiger partial charge in [-0.3, -0.25) is 4.79 Å². The van der Waals surface area contributed by atoms with Crippen molar-refractivity contribution in [1.29, 1.82) is 0 Å². The van der Waals surface area contributed by atoms with Crippen LogP contribution in [0.25, 0.3) is 0 Å². The lowest BCUT2D eigenvalue weighted by atomic mass is 10.1. The molecule has 0 bridgehead atoms. The highest BCUT2D eigenvalue weighted by atomic mass is 16.4. The van der Waals surface area contributed by atoms with E-state index >= 15 is 0 Å². The molecular formula is C18H40N2O2. The van der Waals surface area contributed by atoms with Gasteiger partial charge in [0.05, 0.1) is 0 Å². The predicted molar refractivity (Wildman–Crippen MR) is 96.0 cm³/mol. The van der Waals surface area contributed by atoms with Gasteiger partial charge in [-0.2, -0.15) is 0 Å². The molecule has 0 saturated carbocycles. The van der Waals surface area contributed by atoms with Gasteiger partial charge < -0.3 is 16.6 Å². The maximum absolute atomic E-state index is 10.3. The van der Waals surface area contributed by atoms with Crippen molar-refractivity contribution in [2.24, 2.45) is 11.5 Å². The maximum atomic E-state index is 10.3. The average Bonchev–Trinajstić information content (AvgIpc) is 2.44. The summed E-state index contributed by atoms with van der Waals surface area (Å²) in [6.45, 7) is 6.59. The first-order valence-electron chi connectivity index (χ1n) is 9.04. The van der Waals surface area contributed by atoms with E-state index in [-0.39, 0.29) is 5.54 Å². The van der Waals surface area contributed by atoms with Gasteiger partial charge in [-0.1, -0.05) is 71.1 Å². The highest BCUT2D eigenvalue weighted by Crippen LogP contribution is 2.11. The first-order chi connectivity index (χ1) is 10.3. The Morgan fingerprint density at radius 1 is 0.864 bits per heavy atom. The summed E-state index contributed by atoms with van der Waals surface area (Å²) in [7, 11) is 0. The molecule has 0 aromatic rings. The maximum Gasteiger partial charge on any atom is 0.303 e. The van der Waals surface area contributed by atoms with E-state index in [4.69, 9.17) is 16.6 Å². The lowest BCUT2D eigenvalue weighted by Crippen LogP contribution is -2.40. The van der Waals surface area contributed by atoms with Crippen LogP contribution in [0.2, 0.25) is 0 Å². The standard InChI is InChI=1S/C14H28O2.C4H12N2/c1-2-3-4-5-6-7-8-9-10-11-12-13-14(15)16;1-4(2,6)3-5/h2-13H2,1H3,(H,15,16);3,5-6H2,1-2H3. The summed E-state index contributed by atoms with van der Waals surface area (Å²) in [6, 6.07) is 0. The van der Waals surface area contributed by atoms with E-state index in [9.17, 15) is 4.79 Å². The molecule has 0 amide bonds. The molecule has 0 aromatic carbocycles. The van der Waals surface area contributed by atoms with Crippen LogP contribution < -0.4 is 11.5 Å². The first-order valence-corrected chi connectivity index (χ1v) is 9.04. The normalized spacial score (nSPS) is 11.0. The minimum absolute atomic E-state index is 0.181. The Balaban J connectivity index is 0. The summed E-state index contributed by atoms with van der Waals surface area (Å²) >= 11 is 0. The van der Waals surface area contributed by atoms with Gasteiger partial charge in [0, 0.05) is 18.5 Å². The van der Waals surface area contributed by atoms with Crippen LogP contribution in [-0.4, -0.2) is 23.2 Å². The van der Waals surface area contributed by atoms with Gasteiger partial charge in [-0.05, 0) is 20.3 Å². The quantitative estimate of drug-likeness (QED) is 0.438. The van der Waals surface area contributed by atoms with Crippen molar-refractivity contribution >= 4 is 5.97 Å². The second kappa shape index (κ2) is 16.8. The van der Waals surface area contributed by atoms with Crippen LogP contribution >= 0.6 is 0 Å². The Morgan fingerprint density at radius 3 is 1.45 bits per heavy atom. The molecule has 0 aliphatic rings. The van der Waals surface area contributed by atoms with Crippen molar-refractivity contribution in [2.75, 3.05) is 6.54 Å². The molecule has 134 valence electrons. The van der Waals surface area contributed by atoms with E-state index < -0.39 is 5.97 Å². The molecule has 0 spiro atoms. The highest BCUT2D eigenvalue weighted by molar-refractivity contribution is 5.66. The molecule has 4 nitrogen and oxygen atoms in total. The minimum Gasteiger partial charge on any atom is -0.481 e. The average molecular weight is 317 g/mol. The van der Waals surface area contributed by atoms with Crippen molar-refractivity contribution in [3.8, 4) is 0 Å². The van der Waals surface area contributed by atoms with E-state index in [0.717, 1.165) is 12.8 Å². The molecule has 22 heavy (non-hydrogen) atoms. The topological polar surface area (TPSA) is 89.3 Å². The number of aliphatic carboxylic acids is 1. The van der Waals surface area contributed by atoms with E-state index in [1.807, 2.05) is 13.8 Å². The zero-order chi connectivity index (χ0) is 17.3. The highest BCUT2D eigenvalue weighted by Gasteiger charge is 2.04. The van der Waals surface area contributed by atoms with Crippen LogP contribution in [0.3, 0.4) is 0 Å². The van der Waals surface area contributed by atoms with Crippen molar-refractivity contribution in [1.82, 2.24) is 0 Å². The second-order valence-electron chi connectivity index (χ2n) is 6.87. The number of rotatable bonds is 13. The summed E-state index contributed by atoms with van der Waals surface area (Å²) in [6.07, 6.45) is 14.4. The zero-order valence-corrected chi connectivity index (χ0v) is 15.2. The van der Waals surface area contributed by atoms with E-state index in [1.165, 1.54) is 57.8 Å². The molecule has 0 radical (unpaired) electrons. The Morgan fingerprint density at radius 2 is 1.18 bits per heavy atom. The van der Waals surface area contributed by atoms with Crippen molar-refractivity contribution < 1.29 is 9.90 Å². The van der Waals surface area contributed by atoms with Crippen LogP contribution in [-0.2, 0) is 4.79 Å². The Bertz CT molecular complexity index is 238. The zero-order valence-electron chi connectivity index (χ0n) is 15.2. The summed E-state index contributed by atoms with van der Waals surface area (Å²) in [5.74, 6) is -0.657. The largest absolute Gasteiger partial charge is 0.481 e. The van der Waals surface area contributed by atoms with Crippen LogP contribution in [0, 0.1) is 0 Å². The molecule has 4 heteroatoms. The van der Waals surface area contributed by atoms with Crippen LogP contribution in [0.15, 0.2) is 0 Å². The third-order valence-corrected chi connectivity index (χ3v) is 3.52. The smallest absolute Gasteiger partial charge is 0.303 e. The summed E-state index contributed by atoms with van der Waals surface area (Å²) < 4.78 is 0. The lowest BCUT2D eigenvalue weighted by molar-refractivity contribution is -0.137. The predicted octanol–water partition coefficient (Wildman–Crippen LogP) is 4.45. The fourth-order valence-electron chi connectivity index (χ4n) is 1.94. The molecule has 0 aliphatic heterocycles. The van der Waals surface area contributed by atoms with Gasteiger partial charge in [-0.15, -0.1) is 0 Å². The SMILES string of the molecule is CC(C)(N)CN.CCCCCCCCCCCCCC(=O)O. The summed E-state index contributed by atoms with van der Waals surface area (Å²) in [5, 5.41) is 8.46. The van der Waals surface area contributed by atoms with Crippen LogP contribution in [0.5, 0.6) is 0 Å². The number of carbonyl (C=O) groups is 1. The minimum atomic E-state index is -0.657. The van der Waals surface area contributed by atoms with Gasteiger partial charge >= 0.3 is 5.97 Å². The molecule has 0 saturated heterocycles. The molecule has 0 unspecified atom stereocenters. The van der Waals surface area contributed by atoms with Crippen molar-refractivity contribution in [2.45, 2.75) is 103 Å². The number of hydrogen-bond acceptors (Lipinski definition) is 3. The van der Waals surface area contributed by atoms with Crippen LogP contribution in [0.4, 0.5) is 0 Å². The molecular weight excluding hydrogens is 276 g/mol. The van der Waals surface area contributed by atoms with Gasteiger partial charge in [-0.25, -0.2) is 0 Å². The molecule has 0 atom stereocenters. The number of carboxylic acids is 1. The number of nitrogens with two attached hydrogens (primary N) is 2. The number of hydrogen-bond donors (Lipinski definition) is 3. The van der Waals surface area contributed by atoms with Crippen LogP contribution in [0.1, 0.15) is 97.8 Å². The molecule has 0 heterocycles. The molecule has 0 aliphatic carbocycles. The summed E-state index contributed by atoms with van der Waals surface area (Å²) in [4.78, 5) is 10.3. The van der Waals surface area contributed by atoms with E-state index in [1.54, 1.807) is 0 Å². The Kier molecular flexibility index (Phi) is 18.0. The molecule has 0 fully saturated rings. The second-order valence-corrected chi connectivity index (χ2v) is 6.87. The molecule has 0 aromatic heterocycles. The third kappa shape index (κ3) is 27.7. The van der Waals surface area contributed by atoms with Gasteiger partial charge in [0.25, 0.3) is 0 Å². The van der Waals surface area contributed by atoms with E-state index in [2.05, 4.69) is 6.92 Å². The number of carboxylic acid groups (broad SMARTS) is 1. The van der Waals surface area contributed by atoms with Crippen molar-refractivity contribution in [3.63, 3.8) is 0 Å². The van der Waals surface area contributed by atoms with Gasteiger partial charge in [0.15, 0.2) is 0 Å². The third-order valence-electron chi connectivity index (χ3n) is 3.52. The van der Waals surface area contributed by atoms with Crippen molar-refractivity contribution in [3.05, 3.63) is 0 Å².